The fourth-order valence-corrected chi connectivity index (χ4v) is 3.39. The van der Waals surface area contributed by atoms with Crippen molar-refractivity contribution in [3.63, 3.8) is 0 Å². The van der Waals surface area contributed by atoms with Gasteiger partial charge in [0.15, 0.2) is 0 Å². The minimum atomic E-state index is -0.189. The molecule has 116 valence electrons. The van der Waals surface area contributed by atoms with E-state index in [1.165, 1.54) is 17.4 Å². The number of benzene rings is 2. The van der Waals surface area contributed by atoms with E-state index in [1.54, 1.807) is 12.1 Å². The third-order valence-corrected chi connectivity index (χ3v) is 5.14. The predicted molar refractivity (Wildman–Crippen MR) is 94.1 cm³/mol. The average molecular weight is 363 g/mol. The molecule has 2 aromatic rings. The van der Waals surface area contributed by atoms with Crippen LogP contribution < -0.4 is 9.80 Å². The van der Waals surface area contributed by atoms with Crippen molar-refractivity contribution in [3.8, 4) is 0 Å². The number of halogens is 2. The van der Waals surface area contributed by atoms with Crippen molar-refractivity contribution >= 4 is 27.3 Å². The number of nitrogens with zero attached hydrogens (tertiary/aromatic N) is 2. The minimum absolute atomic E-state index is 0.189. The Hall–Kier alpha value is -1.55. The van der Waals surface area contributed by atoms with Gasteiger partial charge in [-0.1, -0.05) is 28.1 Å². The third-order valence-electron chi connectivity index (χ3n) is 4.37. The highest BCUT2D eigenvalue weighted by Gasteiger charge is 2.24. The van der Waals surface area contributed by atoms with E-state index in [-0.39, 0.29) is 5.82 Å². The lowest BCUT2D eigenvalue weighted by Gasteiger charge is -2.31. The van der Waals surface area contributed by atoms with Crippen LogP contribution in [-0.4, -0.2) is 19.6 Å². The lowest BCUT2D eigenvalue weighted by molar-refractivity contribution is 0.594. The zero-order valence-corrected chi connectivity index (χ0v) is 14.5. The van der Waals surface area contributed by atoms with Crippen LogP contribution in [0.25, 0.3) is 0 Å². The van der Waals surface area contributed by atoms with Gasteiger partial charge in [0, 0.05) is 30.7 Å². The van der Waals surface area contributed by atoms with Gasteiger partial charge in [0.25, 0.3) is 0 Å². The molecular weight excluding hydrogens is 343 g/mol. The number of hydrogen-bond donors (Lipinski definition) is 0. The summed E-state index contributed by atoms with van der Waals surface area (Å²) >= 11 is 3.54. The number of rotatable bonds is 2. The summed E-state index contributed by atoms with van der Waals surface area (Å²) < 4.78 is 14.5. The van der Waals surface area contributed by atoms with Gasteiger partial charge in [-0.25, -0.2) is 4.39 Å². The Kier molecular flexibility index (Phi) is 4.39. The molecule has 1 aliphatic heterocycles. The summed E-state index contributed by atoms with van der Waals surface area (Å²) in [4.78, 5) is 4.67. The maximum absolute atomic E-state index is 13.6. The predicted octanol–water partition coefficient (Wildman–Crippen LogP) is 4.82. The van der Waals surface area contributed by atoms with Crippen LogP contribution in [0.15, 0.2) is 46.9 Å². The molecular formula is C18H20BrFN2. The molecule has 2 nitrogen and oxygen atoms in total. The molecule has 1 aliphatic rings. The van der Waals surface area contributed by atoms with Crippen molar-refractivity contribution in [2.45, 2.75) is 25.9 Å². The van der Waals surface area contributed by atoms with E-state index in [4.69, 9.17) is 0 Å². The maximum Gasteiger partial charge on any atom is 0.123 e. The van der Waals surface area contributed by atoms with Crippen molar-refractivity contribution in [2.75, 3.05) is 23.4 Å². The van der Waals surface area contributed by atoms with Crippen molar-refractivity contribution in [1.82, 2.24) is 0 Å². The molecule has 22 heavy (non-hydrogen) atoms. The first kappa shape index (κ1) is 15.3. The molecule has 0 aromatic heterocycles. The molecule has 0 N–H and O–H groups in total. The van der Waals surface area contributed by atoms with E-state index < -0.39 is 0 Å². The van der Waals surface area contributed by atoms with Crippen LogP contribution in [0.1, 0.15) is 18.9 Å². The summed E-state index contributed by atoms with van der Waals surface area (Å²) in [6.07, 6.45) is 1.08. The largest absolute Gasteiger partial charge is 0.373 e. The smallest absolute Gasteiger partial charge is 0.123 e. The van der Waals surface area contributed by atoms with Gasteiger partial charge in [-0.15, -0.1) is 0 Å². The maximum atomic E-state index is 13.6. The first-order valence-corrected chi connectivity index (χ1v) is 8.36. The van der Waals surface area contributed by atoms with E-state index in [1.807, 2.05) is 0 Å². The first-order valence-electron chi connectivity index (χ1n) is 7.57. The number of para-hydroxylation sites is 2. The normalized spacial score (nSPS) is 18.1. The van der Waals surface area contributed by atoms with E-state index in [2.05, 4.69) is 64.0 Å². The van der Waals surface area contributed by atoms with E-state index in [9.17, 15) is 4.39 Å². The molecule has 0 bridgehead atoms. The molecule has 2 aromatic carbocycles. The van der Waals surface area contributed by atoms with Crippen molar-refractivity contribution in [2.24, 2.45) is 0 Å². The highest BCUT2D eigenvalue weighted by Crippen LogP contribution is 2.35. The standard InChI is InChI=1S/C18H20BrFN2/c1-13-9-10-21(2)17-5-3-4-6-18(17)22(13)12-14-11-15(20)7-8-16(14)19/h3-8,11,13H,9-10,12H2,1-2H3. The Morgan fingerprint density at radius 3 is 2.68 bits per heavy atom. The second kappa shape index (κ2) is 6.29. The fourth-order valence-electron chi connectivity index (χ4n) is 3.01. The molecule has 1 atom stereocenters. The van der Waals surface area contributed by atoms with Gasteiger partial charge in [-0.3, -0.25) is 0 Å². The summed E-state index contributed by atoms with van der Waals surface area (Å²) in [5.41, 5.74) is 3.43. The molecule has 1 unspecified atom stereocenters. The summed E-state index contributed by atoms with van der Waals surface area (Å²) in [7, 11) is 2.13. The van der Waals surface area contributed by atoms with Crippen LogP contribution in [0.5, 0.6) is 0 Å². The molecule has 0 amide bonds. The van der Waals surface area contributed by atoms with Crippen LogP contribution in [0.2, 0.25) is 0 Å². The van der Waals surface area contributed by atoms with Crippen molar-refractivity contribution in [3.05, 3.63) is 58.3 Å². The van der Waals surface area contributed by atoms with Gasteiger partial charge in [-0.05, 0) is 49.2 Å². The van der Waals surface area contributed by atoms with Gasteiger partial charge in [0.05, 0.1) is 11.4 Å². The fraction of sp³-hybridized carbons (Fsp3) is 0.333. The second-order valence-corrected chi connectivity index (χ2v) is 6.77. The minimum Gasteiger partial charge on any atom is -0.373 e. The molecule has 0 spiro atoms. The molecule has 0 aliphatic carbocycles. The third kappa shape index (κ3) is 2.98. The average Bonchev–Trinajstić information content (AvgIpc) is 2.63. The topological polar surface area (TPSA) is 6.48 Å². The quantitative estimate of drug-likeness (QED) is 0.755. The zero-order chi connectivity index (χ0) is 15.7. The molecule has 4 heteroatoms. The molecule has 0 fully saturated rings. The van der Waals surface area contributed by atoms with E-state index >= 15 is 0 Å². The van der Waals surface area contributed by atoms with Gasteiger partial charge in [0.2, 0.25) is 0 Å². The number of anilines is 2. The summed E-state index contributed by atoms with van der Waals surface area (Å²) in [5, 5.41) is 0. The monoisotopic (exact) mass is 362 g/mol. The Morgan fingerprint density at radius 1 is 1.18 bits per heavy atom. The Balaban J connectivity index is 2.00. The van der Waals surface area contributed by atoms with Gasteiger partial charge >= 0.3 is 0 Å². The van der Waals surface area contributed by atoms with Crippen molar-refractivity contribution < 1.29 is 4.39 Å². The van der Waals surface area contributed by atoms with E-state index in [0.29, 0.717) is 12.6 Å². The number of fused-ring (bicyclic) bond motifs is 1. The summed E-state index contributed by atoms with van der Waals surface area (Å²) in [5.74, 6) is -0.189. The zero-order valence-electron chi connectivity index (χ0n) is 12.9. The Bertz CT molecular complexity index is 674. The van der Waals surface area contributed by atoms with Crippen LogP contribution in [0.3, 0.4) is 0 Å². The van der Waals surface area contributed by atoms with E-state index in [0.717, 1.165) is 23.0 Å². The summed E-state index contributed by atoms with van der Waals surface area (Å²) in [6.45, 7) is 3.96. The molecule has 0 saturated carbocycles. The van der Waals surface area contributed by atoms with Crippen LogP contribution >= 0.6 is 15.9 Å². The van der Waals surface area contributed by atoms with Crippen LogP contribution in [0, 0.1) is 5.82 Å². The van der Waals surface area contributed by atoms with Gasteiger partial charge < -0.3 is 9.80 Å². The SMILES string of the molecule is CC1CCN(C)c2ccccc2N1Cc1cc(F)ccc1Br. The van der Waals surface area contributed by atoms with Crippen LogP contribution in [-0.2, 0) is 6.54 Å². The Morgan fingerprint density at radius 2 is 1.91 bits per heavy atom. The van der Waals surface area contributed by atoms with Gasteiger partial charge in [-0.2, -0.15) is 0 Å². The lowest BCUT2D eigenvalue weighted by atomic mass is 10.1. The first-order chi connectivity index (χ1) is 10.6. The van der Waals surface area contributed by atoms with Gasteiger partial charge in [0.1, 0.15) is 5.82 Å². The Labute approximate surface area is 139 Å². The molecule has 0 radical (unpaired) electrons. The molecule has 1 heterocycles. The highest BCUT2D eigenvalue weighted by molar-refractivity contribution is 9.10. The molecule has 3 rings (SSSR count). The lowest BCUT2D eigenvalue weighted by Crippen LogP contribution is -2.32. The van der Waals surface area contributed by atoms with Crippen LogP contribution in [0.4, 0.5) is 15.8 Å². The second-order valence-electron chi connectivity index (χ2n) is 5.91. The summed E-state index contributed by atoms with van der Waals surface area (Å²) in [6, 6.07) is 13.7. The van der Waals surface area contributed by atoms with Crippen molar-refractivity contribution in [1.29, 1.82) is 0 Å². The highest BCUT2D eigenvalue weighted by atomic mass is 79.9. The number of hydrogen-bond acceptors (Lipinski definition) is 2. The molecule has 0 saturated heterocycles.